The predicted molar refractivity (Wildman–Crippen MR) is 78.0 cm³/mol. The van der Waals surface area contributed by atoms with Gasteiger partial charge in [0.1, 0.15) is 11.6 Å². The molecule has 0 heterocycles. The molecule has 1 atom stereocenters. The molecule has 0 aliphatic carbocycles. The van der Waals surface area contributed by atoms with E-state index in [4.69, 9.17) is 4.74 Å². The van der Waals surface area contributed by atoms with Crippen LogP contribution in [0.5, 0.6) is 5.75 Å². The van der Waals surface area contributed by atoms with E-state index in [9.17, 15) is 4.39 Å². The van der Waals surface area contributed by atoms with Crippen LogP contribution in [0, 0.1) is 11.7 Å². The highest BCUT2D eigenvalue weighted by atomic mass is 19.1. The van der Waals surface area contributed by atoms with E-state index < -0.39 is 0 Å². The molecule has 0 amide bonds. The molecule has 0 aliphatic heterocycles. The summed E-state index contributed by atoms with van der Waals surface area (Å²) in [6, 6.07) is 4.75. The van der Waals surface area contributed by atoms with E-state index in [-0.39, 0.29) is 5.82 Å². The van der Waals surface area contributed by atoms with Crippen LogP contribution < -0.4 is 10.1 Å². The molecule has 0 fully saturated rings. The average Bonchev–Trinajstić information content (AvgIpc) is 2.38. The van der Waals surface area contributed by atoms with Gasteiger partial charge in [0.05, 0.1) is 6.61 Å². The predicted octanol–water partition coefficient (Wildman–Crippen LogP) is 4.14. The van der Waals surface area contributed by atoms with Crippen LogP contribution in [0.1, 0.15) is 45.6 Å². The maximum absolute atomic E-state index is 13.3. The molecular formula is C16H26FNO. The third-order valence-electron chi connectivity index (χ3n) is 3.07. The Labute approximate surface area is 116 Å². The summed E-state index contributed by atoms with van der Waals surface area (Å²) in [5.74, 6) is 1.13. The summed E-state index contributed by atoms with van der Waals surface area (Å²) < 4.78 is 19.1. The highest BCUT2D eigenvalue weighted by Gasteiger charge is 2.07. The van der Waals surface area contributed by atoms with Crippen LogP contribution in [0.15, 0.2) is 18.2 Å². The van der Waals surface area contributed by atoms with Gasteiger partial charge < -0.3 is 10.1 Å². The summed E-state index contributed by atoms with van der Waals surface area (Å²) in [7, 11) is 0. The van der Waals surface area contributed by atoms with Gasteiger partial charge in [0.2, 0.25) is 0 Å². The maximum Gasteiger partial charge on any atom is 0.123 e. The van der Waals surface area contributed by atoms with Crippen LogP contribution in [0.3, 0.4) is 0 Å². The molecule has 0 bridgehead atoms. The van der Waals surface area contributed by atoms with E-state index >= 15 is 0 Å². The number of hydrogen-bond donors (Lipinski definition) is 1. The lowest BCUT2D eigenvalue weighted by molar-refractivity contribution is 0.248. The zero-order chi connectivity index (χ0) is 14.1. The Morgan fingerprint density at radius 3 is 2.74 bits per heavy atom. The molecular weight excluding hydrogens is 241 g/mol. The summed E-state index contributed by atoms with van der Waals surface area (Å²) in [6.07, 6.45) is 3.39. The lowest BCUT2D eigenvalue weighted by atomic mass is 10.1. The van der Waals surface area contributed by atoms with Gasteiger partial charge in [0.25, 0.3) is 0 Å². The van der Waals surface area contributed by atoms with Crippen molar-refractivity contribution in [3.05, 3.63) is 29.6 Å². The van der Waals surface area contributed by atoms with Gasteiger partial charge in [-0.25, -0.2) is 4.39 Å². The van der Waals surface area contributed by atoms with Gasteiger partial charge in [-0.05, 0) is 43.5 Å². The topological polar surface area (TPSA) is 21.3 Å². The molecule has 108 valence electrons. The summed E-state index contributed by atoms with van der Waals surface area (Å²) in [5, 5.41) is 3.29. The lowest BCUT2D eigenvalue weighted by Gasteiger charge is -2.15. The first-order valence-electron chi connectivity index (χ1n) is 7.29. The molecule has 1 aromatic carbocycles. The second-order valence-corrected chi connectivity index (χ2v) is 5.13. The molecule has 0 radical (unpaired) electrons. The van der Waals surface area contributed by atoms with Gasteiger partial charge >= 0.3 is 0 Å². The zero-order valence-corrected chi connectivity index (χ0v) is 12.3. The normalized spacial score (nSPS) is 12.4. The number of rotatable bonds is 9. The van der Waals surface area contributed by atoms with Crippen molar-refractivity contribution < 1.29 is 9.13 Å². The van der Waals surface area contributed by atoms with E-state index in [0.29, 0.717) is 19.1 Å². The van der Waals surface area contributed by atoms with Crippen LogP contribution in [0.4, 0.5) is 4.39 Å². The Balaban J connectivity index is 2.59. The molecule has 1 aromatic rings. The fourth-order valence-electron chi connectivity index (χ4n) is 2.03. The van der Waals surface area contributed by atoms with E-state index in [1.165, 1.54) is 12.5 Å². The van der Waals surface area contributed by atoms with Crippen LogP contribution in [-0.4, -0.2) is 13.2 Å². The smallest absolute Gasteiger partial charge is 0.123 e. The average molecular weight is 267 g/mol. The summed E-state index contributed by atoms with van der Waals surface area (Å²) >= 11 is 0. The van der Waals surface area contributed by atoms with Crippen LogP contribution in [-0.2, 0) is 6.54 Å². The van der Waals surface area contributed by atoms with Gasteiger partial charge in [-0.3, -0.25) is 0 Å². The quantitative estimate of drug-likeness (QED) is 0.679. The Bertz CT molecular complexity index is 368. The van der Waals surface area contributed by atoms with Crippen molar-refractivity contribution in [1.82, 2.24) is 5.32 Å². The molecule has 1 unspecified atom stereocenters. The van der Waals surface area contributed by atoms with Crippen molar-refractivity contribution in [2.45, 2.75) is 46.6 Å². The monoisotopic (exact) mass is 267 g/mol. The highest BCUT2D eigenvalue weighted by molar-refractivity contribution is 5.33. The molecule has 0 spiro atoms. The van der Waals surface area contributed by atoms with Crippen molar-refractivity contribution in [3.8, 4) is 5.75 Å². The van der Waals surface area contributed by atoms with Crippen molar-refractivity contribution in [2.24, 2.45) is 5.92 Å². The second kappa shape index (κ2) is 8.92. The first kappa shape index (κ1) is 16.0. The van der Waals surface area contributed by atoms with E-state index in [0.717, 1.165) is 30.7 Å². The minimum absolute atomic E-state index is 0.206. The third kappa shape index (κ3) is 6.06. The maximum atomic E-state index is 13.3. The Morgan fingerprint density at radius 2 is 2.05 bits per heavy atom. The number of benzene rings is 1. The first-order valence-corrected chi connectivity index (χ1v) is 7.29. The molecule has 3 heteroatoms. The molecule has 0 saturated heterocycles. The third-order valence-corrected chi connectivity index (χ3v) is 3.07. The van der Waals surface area contributed by atoms with Crippen molar-refractivity contribution in [1.29, 1.82) is 0 Å². The van der Waals surface area contributed by atoms with Gasteiger partial charge in [-0.2, -0.15) is 0 Å². The van der Waals surface area contributed by atoms with Crippen LogP contribution in [0.25, 0.3) is 0 Å². The van der Waals surface area contributed by atoms with E-state index in [1.807, 2.05) is 0 Å². The number of ether oxygens (including phenoxy) is 1. The molecule has 2 nitrogen and oxygen atoms in total. The Hall–Kier alpha value is -1.09. The van der Waals surface area contributed by atoms with Crippen molar-refractivity contribution in [3.63, 3.8) is 0 Å². The fraction of sp³-hybridized carbons (Fsp3) is 0.625. The molecule has 0 saturated carbocycles. The Kier molecular flexibility index (Phi) is 7.49. The lowest BCUT2D eigenvalue weighted by Crippen LogP contribution is -2.16. The number of nitrogens with one attached hydrogen (secondary N) is 1. The Morgan fingerprint density at radius 1 is 1.26 bits per heavy atom. The summed E-state index contributed by atoms with van der Waals surface area (Å²) in [4.78, 5) is 0. The van der Waals surface area contributed by atoms with E-state index in [2.05, 4.69) is 26.1 Å². The minimum Gasteiger partial charge on any atom is -0.493 e. The van der Waals surface area contributed by atoms with Gasteiger partial charge in [0.15, 0.2) is 0 Å². The largest absolute Gasteiger partial charge is 0.493 e. The molecule has 1 N–H and O–H groups in total. The minimum atomic E-state index is -0.206. The number of hydrogen-bond acceptors (Lipinski definition) is 2. The first-order chi connectivity index (χ1) is 9.17. The van der Waals surface area contributed by atoms with Gasteiger partial charge in [0, 0.05) is 12.1 Å². The van der Waals surface area contributed by atoms with Crippen molar-refractivity contribution >= 4 is 0 Å². The van der Waals surface area contributed by atoms with Gasteiger partial charge in [-0.1, -0.05) is 27.2 Å². The van der Waals surface area contributed by atoms with Gasteiger partial charge in [-0.15, -0.1) is 0 Å². The van der Waals surface area contributed by atoms with Crippen LogP contribution in [0.2, 0.25) is 0 Å². The highest BCUT2D eigenvalue weighted by Crippen LogP contribution is 2.21. The fourth-order valence-corrected chi connectivity index (χ4v) is 2.03. The van der Waals surface area contributed by atoms with Crippen molar-refractivity contribution in [2.75, 3.05) is 13.2 Å². The zero-order valence-electron chi connectivity index (χ0n) is 12.3. The summed E-state index contributed by atoms with van der Waals surface area (Å²) in [6.45, 7) is 8.75. The molecule has 1 rings (SSSR count). The standard InChI is InChI=1S/C16H26FNO/c1-4-6-13(3)12-19-16-8-7-15(17)10-14(16)11-18-9-5-2/h7-8,10,13,18H,4-6,9,11-12H2,1-3H3. The second-order valence-electron chi connectivity index (χ2n) is 5.13. The molecule has 0 aromatic heterocycles. The van der Waals surface area contributed by atoms with Crippen LogP contribution >= 0.6 is 0 Å². The molecule has 19 heavy (non-hydrogen) atoms. The SMILES string of the molecule is CCCNCc1cc(F)ccc1OCC(C)CCC. The van der Waals surface area contributed by atoms with E-state index in [1.54, 1.807) is 12.1 Å². The molecule has 0 aliphatic rings. The summed E-state index contributed by atoms with van der Waals surface area (Å²) in [5.41, 5.74) is 0.900. The number of halogens is 1.